The van der Waals surface area contributed by atoms with E-state index < -0.39 is 0 Å². The molecule has 0 aromatic heterocycles. The minimum absolute atomic E-state index is 1.20. The van der Waals surface area contributed by atoms with Gasteiger partial charge in [-0.15, -0.1) is 0 Å². The van der Waals surface area contributed by atoms with Crippen molar-refractivity contribution in [3.63, 3.8) is 0 Å². The van der Waals surface area contributed by atoms with Gasteiger partial charge in [0.2, 0.25) is 0 Å². The second-order valence-corrected chi connectivity index (χ2v) is 3.25. The summed E-state index contributed by atoms with van der Waals surface area (Å²) in [6.07, 6.45) is 1.40. The zero-order chi connectivity index (χ0) is 6.41. The Bertz CT molecular complexity index is 47.8. The molecule has 0 aromatic rings. The predicted molar refractivity (Wildman–Crippen MR) is 42.5 cm³/mol. The molecule has 0 rings (SSSR count). The smallest absolute Gasteiger partial charge is 0.00286 e. The topological polar surface area (TPSA) is 3.24 Å². The minimum Gasteiger partial charge on any atom is -0.307 e. The Morgan fingerprint density at radius 1 is 1.50 bits per heavy atom. The first-order valence-corrected chi connectivity index (χ1v) is 4.91. The Kier molecular flexibility index (Phi) is 5.43. The van der Waals surface area contributed by atoms with E-state index in [1.165, 1.54) is 35.8 Å². The molecule has 0 unspecified atom stereocenters. The lowest BCUT2D eigenvalue weighted by atomic mass is 10.4. The maximum absolute atomic E-state index is 2.36. The molecule has 0 spiro atoms. The molecule has 0 N–H and O–H groups in total. The van der Waals surface area contributed by atoms with Crippen molar-refractivity contribution in [2.24, 2.45) is 0 Å². The highest BCUT2D eigenvalue weighted by atomic mass is 28.1. The summed E-state index contributed by atoms with van der Waals surface area (Å²) in [6.45, 7) is 4.69. The fourth-order valence-electron chi connectivity index (χ4n) is 0.586. The lowest BCUT2D eigenvalue weighted by Crippen LogP contribution is -2.18. The standard InChI is InChI=1S/C6H17NSi/c1-3-7(2)5-4-6-8/h3-6H2,1-2,8H3. The van der Waals surface area contributed by atoms with Crippen LogP contribution in [0.25, 0.3) is 0 Å². The minimum atomic E-state index is 1.20. The van der Waals surface area contributed by atoms with Crippen molar-refractivity contribution >= 4 is 10.2 Å². The molecule has 0 aliphatic rings. The summed E-state index contributed by atoms with van der Waals surface area (Å²) in [5.41, 5.74) is 0. The molecule has 50 valence electrons. The fourth-order valence-corrected chi connectivity index (χ4v) is 0.902. The Balaban J connectivity index is 2.86. The van der Waals surface area contributed by atoms with Gasteiger partial charge in [0.15, 0.2) is 0 Å². The summed E-state index contributed by atoms with van der Waals surface area (Å²) in [5, 5.41) is 0. The lowest BCUT2D eigenvalue weighted by molar-refractivity contribution is 0.353. The van der Waals surface area contributed by atoms with E-state index in [4.69, 9.17) is 0 Å². The second kappa shape index (κ2) is 5.32. The molecule has 0 aromatic carbocycles. The molecule has 0 fully saturated rings. The highest BCUT2D eigenvalue weighted by molar-refractivity contribution is 6.08. The Morgan fingerprint density at radius 3 is 2.50 bits per heavy atom. The van der Waals surface area contributed by atoms with Crippen LogP contribution in [-0.4, -0.2) is 35.3 Å². The molecule has 0 aliphatic carbocycles. The third kappa shape index (κ3) is 4.34. The Labute approximate surface area is 55.5 Å². The quantitative estimate of drug-likeness (QED) is 0.490. The van der Waals surface area contributed by atoms with Crippen molar-refractivity contribution in [3.05, 3.63) is 0 Å². The highest BCUT2D eigenvalue weighted by Gasteiger charge is 1.89. The van der Waals surface area contributed by atoms with Gasteiger partial charge in [-0.3, -0.25) is 0 Å². The van der Waals surface area contributed by atoms with Gasteiger partial charge in [0, 0.05) is 10.2 Å². The van der Waals surface area contributed by atoms with Gasteiger partial charge in [-0.2, -0.15) is 0 Å². The summed E-state index contributed by atoms with van der Waals surface area (Å²) in [4.78, 5) is 2.36. The number of hydrogen-bond donors (Lipinski definition) is 0. The van der Waals surface area contributed by atoms with Crippen molar-refractivity contribution in [2.45, 2.75) is 19.4 Å². The van der Waals surface area contributed by atoms with E-state index >= 15 is 0 Å². The van der Waals surface area contributed by atoms with Crippen molar-refractivity contribution < 1.29 is 0 Å². The highest BCUT2D eigenvalue weighted by Crippen LogP contribution is 1.87. The predicted octanol–water partition coefficient (Wildman–Crippen LogP) is 0.112. The van der Waals surface area contributed by atoms with E-state index in [1.54, 1.807) is 0 Å². The molecule has 0 amide bonds. The van der Waals surface area contributed by atoms with Crippen LogP contribution in [0.15, 0.2) is 0 Å². The van der Waals surface area contributed by atoms with Gasteiger partial charge in [-0.05, 0) is 26.6 Å². The van der Waals surface area contributed by atoms with E-state index in [1.807, 2.05) is 0 Å². The van der Waals surface area contributed by atoms with Crippen LogP contribution in [0.2, 0.25) is 6.04 Å². The molecule has 0 saturated heterocycles. The van der Waals surface area contributed by atoms with E-state index in [0.29, 0.717) is 0 Å². The average Bonchev–Trinajstić information content (AvgIpc) is 1.83. The number of rotatable bonds is 4. The van der Waals surface area contributed by atoms with Gasteiger partial charge < -0.3 is 4.90 Å². The Morgan fingerprint density at radius 2 is 2.12 bits per heavy atom. The summed E-state index contributed by atoms with van der Waals surface area (Å²) >= 11 is 0. The molecule has 0 bridgehead atoms. The van der Waals surface area contributed by atoms with Crippen molar-refractivity contribution in [3.8, 4) is 0 Å². The van der Waals surface area contributed by atoms with Crippen LogP contribution in [0.3, 0.4) is 0 Å². The first kappa shape index (κ1) is 8.18. The van der Waals surface area contributed by atoms with Gasteiger partial charge >= 0.3 is 0 Å². The Hall–Kier alpha value is 0.177. The summed E-state index contributed by atoms with van der Waals surface area (Å²) in [7, 11) is 3.55. The van der Waals surface area contributed by atoms with Crippen LogP contribution in [0.1, 0.15) is 13.3 Å². The van der Waals surface area contributed by atoms with E-state index in [9.17, 15) is 0 Å². The SMILES string of the molecule is CCN(C)CCC[SiH3]. The van der Waals surface area contributed by atoms with Gasteiger partial charge in [0.05, 0.1) is 0 Å². The first-order valence-electron chi connectivity index (χ1n) is 3.49. The molecule has 0 heterocycles. The zero-order valence-electron chi connectivity index (χ0n) is 6.28. The van der Waals surface area contributed by atoms with Crippen LogP contribution in [0.4, 0.5) is 0 Å². The molecule has 0 atom stereocenters. The van der Waals surface area contributed by atoms with Gasteiger partial charge in [-0.1, -0.05) is 13.0 Å². The van der Waals surface area contributed by atoms with Crippen LogP contribution in [-0.2, 0) is 0 Å². The van der Waals surface area contributed by atoms with E-state index in [2.05, 4.69) is 18.9 Å². The van der Waals surface area contributed by atoms with Gasteiger partial charge in [-0.25, -0.2) is 0 Å². The summed E-state index contributed by atoms with van der Waals surface area (Å²) < 4.78 is 0. The van der Waals surface area contributed by atoms with E-state index in [0.717, 1.165) is 0 Å². The molecule has 2 heteroatoms. The number of hydrogen-bond acceptors (Lipinski definition) is 1. The monoisotopic (exact) mass is 131 g/mol. The van der Waals surface area contributed by atoms with Crippen molar-refractivity contribution in [2.75, 3.05) is 20.1 Å². The largest absolute Gasteiger partial charge is 0.307 e. The van der Waals surface area contributed by atoms with Gasteiger partial charge in [0.25, 0.3) is 0 Å². The van der Waals surface area contributed by atoms with E-state index in [-0.39, 0.29) is 0 Å². The second-order valence-electron chi connectivity index (χ2n) is 2.25. The molecule has 0 radical (unpaired) electrons. The maximum Gasteiger partial charge on any atom is 0.00286 e. The third-order valence-electron chi connectivity index (χ3n) is 1.43. The molecule has 1 nitrogen and oxygen atoms in total. The molecular formula is C6H17NSi. The number of nitrogens with zero attached hydrogens (tertiary/aromatic N) is 1. The van der Waals surface area contributed by atoms with Crippen molar-refractivity contribution in [1.29, 1.82) is 0 Å². The van der Waals surface area contributed by atoms with Crippen molar-refractivity contribution in [1.82, 2.24) is 4.90 Å². The van der Waals surface area contributed by atoms with Crippen LogP contribution < -0.4 is 0 Å². The van der Waals surface area contributed by atoms with Crippen LogP contribution in [0, 0.1) is 0 Å². The average molecular weight is 131 g/mol. The third-order valence-corrected chi connectivity index (χ3v) is 2.14. The summed E-state index contributed by atoms with van der Waals surface area (Å²) in [5.74, 6) is 0. The van der Waals surface area contributed by atoms with Gasteiger partial charge in [0.1, 0.15) is 0 Å². The maximum atomic E-state index is 2.36. The van der Waals surface area contributed by atoms with Crippen LogP contribution in [0.5, 0.6) is 0 Å². The molecule has 8 heavy (non-hydrogen) atoms. The zero-order valence-corrected chi connectivity index (χ0v) is 8.28. The fraction of sp³-hybridized carbons (Fsp3) is 1.00. The normalized spacial score (nSPS) is 10.9. The molecule has 0 saturated carbocycles. The molecule has 0 aliphatic heterocycles. The lowest BCUT2D eigenvalue weighted by Gasteiger charge is -2.11. The molecular weight excluding hydrogens is 114 g/mol. The summed E-state index contributed by atoms with van der Waals surface area (Å²) in [6, 6.07) is 1.45. The first-order chi connectivity index (χ1) is 3.81. The van der Waals surface area contributed by atoms with Crippen LogP contribution >= 0.6 is 0 Å².